The smallest absolute Gasteiger partial charge is 0.252 e. The van der Waals surface area contributed by atoms with Crippen LogP contribution in [0.3, 0.4) is 0 Å². The predicted octanol–water partition coefficient (Wildman–Crippen LogP) is 3.68. The van der Waals surface area contributed by atoms with Crippen LogP contribution in [0, 0.1) is 17.4 Å². The van der Waals surface area contributed by atoms with Gasteiger partial charge >= 0.3 is 0 Å². The number of anilines is 3. The molecular formula is C20H21IN6O. The van der Waals surface area contributed by atoms with E-state index in [-0.39, 0.29) is 5.91 Å². The Balaban J connectivity index is 1.55. The van der Waals surface area contributed by atoms with Crippen molar-refractivity contribution in [1.29, 1.82) is 0 Å². The highest BCUT2D eigenvalue weighted by molar-refractivity contribution is 14.1. The third-order valence-electron chi connectivity index (χ3n) is 3.84. The minimum absolute atomic E-state index is 0.0847. The molecule has 2 heterocycles. The minimum Gasteiger partial charge on any atom is -0.368 e. The number of carbonyl (C=O) groups excluding carboxylic acids is 1. The van der Waals surface area contributed by atoms with Gasteiger partial charge in [-0.2, -0.15) is 0 Å². The zero-order valence-electron chi connectivity index (χ0n) is 15.7. The van der Waals surface area contributed by atoms with Crippen LogP contribution in [0.15, 0.2) is 48.7 Å². The third kappa shape index (κ3) is 5.62. The Morgan fingerprint density at radius 2 is 1.79 bits per heavy atom. The number of aryl methyl sites for hydroxylation is 2. The molecule has 3 aromatic rings. The highest BCUT2D eigenvalue weighted by atomic mass is 127. The van der Waals surface area contributed by atoms with E-state index < -0.39 is 0 Å². The fraction of sp³-hybridized carbons (Fsp3) is 0.200. The van der Waals surface area contributed by atoms with E-state index in [1.807, 2.05) is 56.3 Å². The van der Waals surface area contributed by atoms with Crippen molar-refractivity contribution >= 4 is 46.0 Å². The Kier molecular flexibility index (Phi) is 6.75. The average molecular weight is 488 g/mol. The largest absolute Gasteiger partial charge is 0.368 e. The molecule has 0 aliphatic carbocycles. The molecule has 0 radical (unpaired) electrons. The van der Waals surface area contributed by atoms with E-state index >= 15 is 0 Å². The summed E-state index contributed by atoms with van der Waals surface area (Å²) in [5, 5.41) is 9.32. The van der Waals surface area contributed by atoms with Crippen molar-refractivity contribution in [2.75, 3.05) is 23.7 Å². The van der Waals surface area contributed by atoms with E-state index in [2.05, 4.69) is 53.5 Å². The van der Waals surface area contributed by atoms with Gasteiger partial charge in [0.1, 0.15) is 23.3 Å². The molecule has 0 aliphatic rings. The summed E-state index contributed by atoms with van der Waals surface area (Å²) >= 11 is 2.16. The molecule has 0 bridgehead atoms. The zero-order valence-corrected chi connectivity index (χ0v) is 17.8. The first-order valence-electron chi connectivity index (χ1n) is 8.83. The molecule has 1 amide bonds. The van der Waals surface area contributed by atoms with Crippen molar-refractivity contribution < 1.29 is 4.79 Å². The fourth-order valence-electron chi connectivity index (χ4n) is 2.57. The van der Waals surface area contributed by atoms with Gasteiger partial charge < -0.3 is 16.0 Å². The maximum absolute atomic E-state index is 12.2. The maximum atomic E-state index is 12.2. The highest BCUT2D eigenvalue weighted by Crippen LogP contribution is 2.16. The van der Waals surface area contributed by atoms with Crippen LogP contribution in [0.4, 0.5) is 17.5 Å². The molecule has 1 aromatic carbocycles. The van der Waals surface area contributed by atoms with Crippen molar-refractivity contribution in [2.45, 2.75) is 13.8 Å². The summed E-state index contributed by atoms with van der Waals surface area (Å²) in [5.74, 6) is 2.64. The lowest BCUT2D eigenvalue weighted by atomic mass is 10.2. The van der Waals surface area contributed by atoms with E-state index in [9.17, 15) is 4.79 Å². The van der Waals surface area contributed by atoms with Crippen LogP contribution >= 0.6 is 22.6 Å². The number of nitrogens with zero attached hydrogens (tertiary/aromatic N) is 3. The van der Waals surface area contributed by atoms with Crippen LogP contribution in [0.25, 0.3) is 0 Å². The maximum Gasteiger partial charge on any atom is 0.252 e. The van der Waals surface area contributed by atoms with Gasteiger partial charge in [0, 0.05) is 28.9 Å². The molecule has 144 valence electrons. The van der Waals surface area contributed by atoms with Gasteiger partial charge in [-0.15, -0.1) is 0 Å². The second-order valence-corrected chi connectivity index (χ2v) is 7.35. The van der Waals surface area contributed by atoms with E-state index in [0.29, 0.717) is 36.1 Å². The molecule has 0 saturated carbocycles. The number of carbonyl (C=O) groups is 1. The Morgan fingerprint density at radius 3 is 2.57 bits per heavy atom. The average Bonchev–Trinajstić information content (AvgIpc) is 2.65. The Morgan fingerprint density at radius 1 is 1.00 bits per heavy atom. The Bertz CT molecular complexity index is 978. The number of benzene rings is 1. The summed E-state index contributed by atoms with van der Waals surface area (Å²) in [6.07, 6.45) is 1.75. The second kappa shape index (κ2) is 9.45. The quantitative estimate of drug-likeness (QED) is 0.347. The van der Waals surface area contributed by atoms with Gasteiger partial charge in [-0.25, -0.2) is 15.0 Å². The van der Waals surface area contributed by atoms with Gasteiger partial charge in [-0.1, -0.05) is 12.1 Å². The van der Waals surface area contributed by atoms with E-state index in [4.69, 9.17) is 0 Å². The third-order valence-corrected chi connectivity index (χ3v) is 4.79. The molecule has 0 aliphatic heterocycles. The van der Waals surface area contributed by atoms with E-state index in [1.165, 1.54) is 0 Å². The summed E-state index contributed by atoms with van der Waals surface area (Å²) in [5.41, 5.74) is 1.79. The number of nitrogens with one attached hydrogen (secondary N) is 3. The van der Waals surface area contributed by atoms with Crippen LogP contribution < -0.4 is 16.0 Å². The van der Waals surface area contributed by atoms with Crippen molar-refractivity contribution in [2.24, 2.45) is 0 Å². The summed E-state index contributed by atoms with van der Waals surface area (Å²) in [6.45, 7) is 4.87. The SMILES string of the molecule is Cc1ccnc(Nc2cc(NCCNC(=O)c3ccccc3I)nc(C)n2)c1. The standard InChI is InChI=1S/C20H21IN6O/c1-13-7-8-22-17(11-13)27-19-12-18(25-14(2)26-19)23-9-10-24-20(28)15-5-3-4-6-16(15)21/h3-8,11-12H,9-10H2,1-2H3,(H,24,28)(H2,22,23,25,26,27). The van der Waals surface area contributed by atoms with Crippen LogP contribution in [-0.2, 0) is 0 Å². The lowest BCUT2D eigenvalue weighted by Gasteiger charge is -2.11. The molecule has 0 fully saturated rings. The molecule has 0 atom stereocenters. The summed E-state index contributed by atoms with van der Waals surface area (Å²) < 4.78 is 0.928. The van der Waals surface area contributed by atoms with Gasteiger partial charge in [0.2, 0.25) is 0 Å². The normalized spacial score (nSPS) is 10.4. The summed E-state index contributed by atoms with van der Waals surface area (Å²) in [7, 11) is 0. The number of rotatable bonds is 7. The minimum atomic E-state index is -0.0847. The number of amides is 1. The Hall–Kier alpha value is -2.75. The summed E-state index contributed by atoms with van der Waals surface area (Å²) in [6, 6.07) is 13.2. The first-order chi connectivity index (χ1) is 13.5. The van der Waals surface area contributed by atoms with Gasteiger partial charge in [0.15, 0.2) is 0 Å². The van der Waals surface area contributed by atoms with E-state index in [0.717, 1.165) is 15.0 Å². The van der Waals surface area contributed by atoms with Crippen LogP contribution in [0.1, 0.15) is 21.7 Å². The molecule has 8 heteroatoms. The molecule has 7 nitrogen and oxygen atoms in total. The first-order valence-corrected chi connectivity index (χ1v) is 9.91. The van der Waals surface area contributed by atoms with Crippen LogP contribution in [-0.4, -0.2) is 33.9 Å². The molecular weight excluding hydrogens is 467 g/mol. The molecule has 0 unspecified atom stereocenters. The lowest BCUT2D eigenvalue weighted by molar-refractivity contribution is 0.0954. The van der Waals surface area contributed by atoms with Crippen molar-refractivity contribution in [3.05, 3.63) is 69.2 Å². The van der Waals surface area contributed by atoms with Gasteiger partial charge in [0.25, 0.3) is 5.91 Å². The van der Waals surface area contributed by atoms with Crippen molar-refractivity contribution in [1.82, 2.24) is 20.3 Å². The fourth-order valence-corrected chi connectivity index (χ4v) is 3.20. The Labute approximate surface area is 177 Å². The van der Waals surface area contributed by atoms with Gasteiger partial charge in [-0.3, -0.25) is 4.79 Å². The van der Waals surface area contributed by atoms with Gasteiger partial charge in [0.05, 0.1) is 5.56 Å². The van der Waals surface area contributed by atoms with Gasteiger partial charge in [-0.05, 0) is 66.3 Å². The molecule has 3 rings (SSSR count). The molecule has 28 heavy (non-hydrogen) atoms. The predicted molar refractivity (Wildman–Crippen MR) is 119 cm³/mol. The molecule has 0 spiro atoms. The van der Waals surface area contributed by atoms with Crippen LogP contribution in [0.2, 0.25) is 0 Å². The van der Waals surface area contributed by atoms with Crippen molar-refractivity contribution in [3.63, 3.8) is 0 Å². The van der Waals surface area contributed by atoms with Crippen LogP contribution in [0.5, 0.6) is 0 Å². The molecule has 2 aromatic heterocycles. The number of hydrogen-bond donors (Lipinski definition) is 3. The molecule has 3 N–H and O–H groups in total. The van der Waals surface area contributed by atoms with Crippen molar-refractivity contribution in [3.8, 4) is 0 Å². The first kappa shape index (κ1) is 20.0. The lowest BCUT2D eigenvalue weighted by Crippen LogP contribution is -2.29. The highest BCUT2D eigenvalue weighted by Gasteiger charge is 2.08. The molecule has 0 saturated heterocycles. The monoisotopic (exact) mass is 488 g/mol. The zero-order chi connectivity index (χ0) is 19.9. The number of halogens is 1. The number of hydrogen-bond acceptors (Lipinski definition) is 6. The topological polar surface area (TPSA) is 91.8 Å². The van der Waals surface area contributed by atoms with E-state index in [1.54, 1.807) is 6.20 Å². The summed E-state index contributed by atoms with van der Waals surface area (Å²) in [4.78, 5) is 25.3. The second-order valence-electron chi connectivity index (χ2n) is 6.19. The number of aromatic nitrogens is 3. The number of pyridine rings is 1.